The maximum absolute atomic E-state index is 14.2. The zero-order valence-corrected chi connectivity index (χ0v) is 11.1. The van der Waals surface area contributed by atoms with Gasteiger partial charge >= 0.3 is 0 Å². The number of hydrogen-bond acceptors (Lipinski definition) is 2. The molecule has 0 radical (unpaired) electrons. The molecule has 2 aromatic rings. The van der Waals surface area contributed by atoms with E-state index in [2.05, 4.69) is 10.5 Å². The molecule has 0 bridgehead atoms. The quantitative estimate of drug-likeness (QED) is 0.632. The average molecular weight is 256 g/mol. The SMILES string of the molecule is CC(=NNc1ccccc1C)C(F)c1ccccc1. The molecule has 0 heterocycles. The van der Waals surface area contributed by atoms with Crippen LogP contribution in [-0.4, -0.2) is 5.71 Å². The van der Waals surface area contributed by atoms with Gasteiger partial charge in [0.05, 0.1) is 11.4 Å². The molecule has 19 heavy (non-hydrogen) atoms. The standard InChI is InChI=1S/C16H17FN2/c1-12-8-6-7-11-15(12)19-18-13(2)16(17)14-9-4-3-5-10-14/h3-11,16,19H,1-2H3. The van der Waals surface area contributed by atoms with Crippen molar-refractivity contribution in [2.45, 2.75) is 20.0 Å². The van der Waals surface area contributed by atoms with Crippen LogP contribution in [-0.2, 0) is 0 Å². The van der Waals surface area contributed by atoms with Crippen molar-refractivity contribution in [1.82, 2.24) is 0 Å². The number of alkyl halides is 1. The third kappa shape index (κ3) is 3.41. The third-order valence-corrected chi connectivity index (χ3v) is 2.96. The summed E-state index contributed by atoms with van der Waals surface area (Å²) in [5, 5.41) is 4.12. The topological polar surface area (TPSA) is 24.4 Å². The van der Waals surface area contributed by atoms with Crippen LogP contribution in [0.25, 0.3) is 0 Å². The van der Waals surface area contributed by atoms with Crippen molar-refractivity contribution >= 4 is 11.4 Å². The van der Waals surface area contributed by atoms with E-state index < -0.39 is 6.17 Å². The highest BCUT2D eigenvalue weighted by Gasteiger charge is 2.12. The molecule has 0 aromatic heterocycles. The van der Waals surface area contributed by atoms with Gasteiger partial charge in [0.2, 0.25) is 0 Å². The molecular weight excluding hydrogens is 239 g/mol. The lowest BCUT2D eigenvalue weighted by atomic mass is 10.1. The van der Waals surface area contributed by atoms with E-state index in [1.807, 2.05) is 49.4 Å². The second-order valence-electron chi connectivity index (χ2n) is 4.45. The molecule has 1 unspecified atom stereocenters. The van der Waals surface area contributed by atoms with Crippen molar-refractivity contribution in [2.75, 3.05) is 5.43 Å². The molecule has 0 saturated heterocycles. The lowest BCUT2D eigenvalue weighted by Gasteiger charge is -2.10. The Morgan fingerprint density at radius 3 is 2.37 bits per heavy atom. The molecule has 2 nitrogen and oxygen atoms in total. The van der Waals surface area contributed by atoms with Gasteiger partial charge in [0.15, 0.2) is 6.17 Å². The van der Waals surface area contributed by atoms with Gasteiger partial charge in [0.1, 0.15) is 0 Å². The summed E-state index contributed by atoms with van der Waals surface area (Å²) < 4.78 is 14.2. The minimum atomic E-state index is -1.18. The molecule has 0 spiro atoms. The molecule has 0 amide bonds. The van der Waals surface area contributed by atoms with Crippen molar-refractivity contribution in [1.29, 1.82) is 0 Å². The van der Waals surface area contributed by atoms with Gasteiger partial charge < -0.3 is 0 Å². The van der Waals surface area contributed by atoms with E-state index in [1.54, 1.807) is 19.1 Å². The Labute approximate surface area is 113 Å². The molecule has 1 atom stereocenters. The highest BCUT2D eigenvalue weighted by molar-refractivity contribution is 5.88. The summed E-state index contributed by atoms with van der Waals surface area (Å²) in [6, 6.07) is 16.8. The first-order valence-electron chi connectivity index (χ1n) is 6.23. The monoisotopic (exact) mass is 256 g/mol. The van der Waals surface area contributed by atoms with Crippen LogP contribution in [0.15, 0.2) is 59.7 Å². The number of nitrogens with one attached hydrogen (secondary N) is 1. The van der Waals surface area contributed by atoms with Gasteiger partial charge in [0.25, 0.3) is 0 Å². The maximum atomic E-state index is 14.2. The number of aryl methyl sites for hydroxylation is 1. The van der Waals surface area contributed by atoms with Crippen LogP contribution < -0.4 is 5.43 Å². The minimum Gasteiger partial charge on any atom is -0.278 e. The van der Waals surface area contributed by atoms with Gasteiger partial charge in [-0.3, -0.25) is 5.43 Å². The lowest BCUT2D eigenvalue weighted by molar-refractivity contribution is 0.437. The molecule has 0 aliphatic rings. The first-order valence-corrected chi connectivity index (χ1v) is 6.23. The zero-order chi connectivity index (χ0) is 13.7. The smallest absolute Gasteiger partial charge is 0.165 e. The fourth-order valence-corrected chi connectivity index (χ4v) is 1.77. The number of benzene rings is 2. The van der Waals surface area contributed by atoms with Crippen LogP contribution in [0, 0.1) is 6.92 Å². The molecule has 3 heteroatoms. The molecule has 0 fully saturated rings. The molecule has 0 aliphatic heterocycles. The largest absolute Gasteiger partial charge is 0.278 e. The summed E-state index contributed by atoms with van der Waals surface area (Å²) in [6.07, 6.45) is -1.18. The van der Waals surface area contributed by atoms with Crippen LogP contribution in [0.1, 0.15) is 24.2 Å². The van der Waals surface area contributed by atoms with E-state index in [4.69, 9.17) is 0 Å². The maximum Gasteiger partial charge on any atom is 0.165 e. The second-order valence-corrected chi connectivity index (χ2v) is 4.45. The Kier molecular flexibility index (Phi) is 4.29. The zero-order valence-electron chi connectivity index (χ0n) is 11.1. The highest BCUT2D eigenvalue weighted by Crippen LogP contribution is 2.19. The summed E-state index contributed by atoms with van der Waals surface area (Å²) in [5.41, 5.74) is 5.91. The summed E-state index contributed by atoms with van der Waals surface area (Å²) in [5.74, 6) is 0. The number of anilines is 1. The van der Waals surface area contributed by atoms with Crippen LogP contribution in [0.5, 0.6) is 0 Å². The van der Waals surface area contributed by atoms with E-state index in [9.17, 15) is 4.39 Å². The van der Waals surface area contributed by atoms with Gasteiger partial charge in [-0.1, -0.05) is 48.5 Å². The fourth-order valence-electron chi connectivity index (χ4n) is 1.77. The van der Waals surface area contributed by atoms with E-state index >= 15 is 0 Å². The van der Waals surface area contributed by atoms with Crippen LogP contribution >= 0.6 is 0 Å². The van der Waals surface area contributed by atoms with Gasteiger partial charge in [-0.15, -0.1) is 0 Å². The van der Waals surface area contributed by atoms with Crippen molar-refractivity contribution in [3.63, 3.8) is 0 Å². The predicted octanol–water partition coefficient (Wildman–Crippen LogP) is 4.49. The summed E-state index contributed by atoms with van der Waals surface area (Å²) >= 11 is 0. The Hall–Kier alpha value is -2.16. The number of halogens is 1. The average Bonchev–Trinajstić information content (AvgIpc) is 2.46. The Morgan fingerprint density at radius 1 is 1.05 bits per heavy atom. The fraction of sp³-hybridized carbons (Fsp3) is 0.188. The number of rotatable bonds is 4. The van der Waals surface area contributed by atoms with E-state index in [0.717, 1.165) is 11.3 Å². The Bertz CT molecular complexity index is 564. The molecular formula is C16H17FN2. The van der Waals surface area contributed by atoms with Crippen molar-refractivity contribution in [3.8, 4) is 0 Å². The molecule has 0 aliphatic carbocycles. The third-order valence-electron chi connectivity index (χ3n) is 2.96. The predicted molar refractivity (Wildman–Crippen MR) is 78.2 cm³/mol. The van der Waals surface area contributed by atoms with Gasteiger partial charge in [0, 0.05) is 0 Å². The number of hydrazone groups is 1. The minimum absolute atomic E-state index is 0.412. The van der Waals surface area contributed by atoms with Crippen LogP contribution in [0.4, 0.5) is 10.1 Å². The van der Waals surface area contributed by atoms with E-state index in [-0.39, 0.29) is 0 Å². The first-order chi connectivity index (χ1) is 9.18. The first kappa shape index (κ1) is 13.3. The molecule has 0 saturated carbocycles. The number of hydrogen-bond donors (Lipinski definition) is 1. The number of nitrogens with zero attached hydrogens (tertiary/aromatic N) is 1. The van der Waals surface area contributed by atoms with Crippen LogP contribution in [0.3, 0.4) is 0 Å². The number of para-hydroxylation sites is 1. The van der Waals surface area contributed by atoms with E-state index in [0.29, 0.717) is 11.3 Å². The summed E-state index contributed by atoms with van der Waals surface area (Å²) in [7, 11) is 0. The van der Waals surface area contributed by atoms with Gasteiger partial charge in [-0.05, 0) is 31.0 Å². The summed E-state index contributed by atoms with van der Waals surface area (Å²) in [4.78, 5) is 0. The van der Waals surface area contributed by atoms with Gasteiger partial charge in [-0.25, -0.2) is 4.39 Å². The highest BCUT2D eigenvalue weighted by atomic mass is 19.1. The molecule has 1 N–H and O–H groups in total. The van der Waals surface area contributed by atoms with Crippen molar-refractivity contribution in [2.24, 2.45) is 5.10 Å². The Morgan fingerprint density at radius 2 is 1.68 bits per heavy atom. The van der Waals surface area contributed by atoms with Crippen molar-refractivity contribution < 1.29 is 4.39 Å². The molecule has 2 aromatic carbocycles. The lowest BCUT2D eigenvalue weighted by Crippen LogP contribution is -2.06. The molecule has 98 valence electrons. The molecule has 2 rings (SSSR count). The second kappa shape index (κ2) is 6.14. The normalized spacial score (nSPS) is 13.1. The summed E-state index contributed by atoms with van der Waals surface area (Å²) in [6.45, 7) is 3.67. The van der Waals surface area contributed by atoms with Gasteiger partial charge in [-0.2, -0.15) is 5.10 Å². The van der Waals surface area contributed by atoms with Crippen molar-refractivity contribution in [3.05, 3.63) is 65.7 Å². The Balaban J connectivity index is 2.10. The van der Waals surface area contributed by atoms with E-state index in [1.165, 1.54) is 0 Å². The van der Waals surface area contributed by atoms with Crippen LogP contribution in [0.2, 0.25) is 0 Å².